The molecular formula is C25H37N3O3. The highest BCUT2D eigenvalue weighted by Gasteiger charge is 2.51. The molecule has 3 amide bonds. The summed E-state index contributed by atoms with van der Waals surface area (Å²) in [6, 6.07) is 8.25. The summed E-state index contributed by atoms with van der Waals surface area (Å²) in [7, 11) is 1.81. The highest BCUT2D eigenvalue weighted by atomic mass is 16.5. The molecule has 0 aromatic heterocycles. The molecule has 1 aliphatic carbocycles. The fourth-order valence-corrected chi connectivity index (χ4v) is 6.09. The Kier molecular flexibility index (Phi) is 6.03. The Labute approximate surface area is 186 Å². The highest BCUT2D eigenvalue weighted by Crippen LogP contribution is 2.52. The van der Waals surface area contributed by atoms with Gasteiger partial charge in [-0.25, -0.2) is 4.79 Å². The van der Waals surface area contributed by atoms with Crippen molar-refractivity contribution in [3.05, 3.63) is 35.4 Å². The fraction of sp³-hybridized carbons (Fsp3) is 0.680. The van der Waals surface area contributed by atoms with Crippen molar-refractivity contribution in [1.29, 1.82) is 0 Å². The number of carbonyl (C=O) groups excluding carboxylic acids is 2. The van der Waals surface area contributed by atoms with Crippen LogP contribution in [0.5, 0.6) is 0 Å². The maximum Gasteiger partial charge on any atom is 0.317 e. The number of nitrogens with zero attached hydrogens (tertiary/aromatic N) is 2. The molecule has 2 saturated heterocycles. The normalized spacial score (nSPS) is 27.7. The van der Waals surface area contributed by atoms with Crippen LogP contribution >= 0.6 is 0 Å². The third kappa shape index (κ3) is 5.05. The van der Waals surface area contributed by atoms with Crippen LogP contribution in [0.2, 0.25) is 0 Å². The van der Waals surface area contributed by atoms with Crippen LogP contribution < -0.4 is 5.32 Å². The number of ether oxygens (including phenoxy) is 1. The van der Waals surface area contributed by atoms with Crippen LogP contribution in [-0.4, -0.2) is 60.6 Å². The first-order valence-electron chi connectivity index (χ1n) is 11.6. The summed E-state index contributed by atoms with van der Waals surface area (Å²) >= 11 is 0. The van der Waals surface area contributed by atoms with Gasteiger partial charge < -0.3 is 19.9 Å². The van der Waals surface area contributed by atoms with Gasteiger partial charge in [-0.2, -0.15) is 0 Å². The van der Waals surface area contributed by atoms with E-state index >= 15 is 0 Å². The number of fused-ring (bicyclic) bond motifs is 2. The third-order valence-electron chi connectivity index (χ3n) is 7.19. The van der Waals surface area contributed by atoms with E-state index in [-0.39, 0.29) is 23.4 Å². The molecule has 31 heavy (non-hydrogen) atoms. The second-order valence-electron chi connectivity index (χ2n) is 11.0. The monoisotopic (exact) mass is 427 g/mol. The molecule has 1 aromatic rings. The van der Waals surface area contributed by atoms with Crippen LogP contribution in [0, 0.1) is 10.8 Å². The summed E-state index contributed by atoms with van der Waals surface area (Å²) in [5.41, 5.74) is 2.30. The van der Waals surface area contributed by atoms with E-state index in [1.165, 1.54) is 6.42 Å². The summed E-state index contributed by atoms with van der Waals surface area (Å²) in [5, 5.41) is 3.08. The molecule has 2 unspecified atom stereocenters. The molecule has 2 heterocycles. The summed E-state index contributed by atoms with van der Waals surface area (Å²) in [5.74, 6) is 0.142. The smallest absolute Gasteiger partial charge is 0.317 e. The second kappa shape index (κ2) is 8.45. The Hall–Kier alpha value is -2.08. The first-order chi connectivity index (χ1) is 14.6. The van der Waals surface area contributed by atoms with Gasteiger partial charge in [-0.1, -0.05) is 32.9 Å². The van der Waals surface area contributed by atoms with Gasteiger partial charge in [-0.15, -0.1) is 0 Å². The van der Waals surface area contributed by atoms with Gasteiger partial charge >= 0.3 is 6.03 Å². The molecular weight excluding hydrogens is 390 g/mol. The molecule has 0 radical (unpaired) electrons. The average Bonchev–Trinajstić information content (AvgIpc) is 2.97. The molecule has 2 bridgehead atoms. The first-order valence-corrected chi connectivity index (χ1v) is 11.6. The van der Waals surface area contributed by atoms with Crippen LogP contribution in [0.1, 0.15) is 68.8 Å². The van der Waals surface area contributed by atoms with Gasteiger partial charge in [0.15, 0.2) is 0 Å². The van der Waals surface area contributed by atoms with Crippen LogP contribution in [0.4, 0.5) is 4.79 Å². The summed E-state index contributed by atoms with van der Waals surface area (Å²) in [6.07, 6.45) is 5.11. The predicted molar refractivity (Wildman–Crippen MR) is 121 cm³/mol. The molecule has 170 valence electrons. The largest absolute Gasteiger partial charge is 0.381 e. The standard InChI is InChI=1S/C25H37N3O3/c1-24(2)13-21-14-25(3,16-24)17-28(21)22(29)19-7-5-18(6-8-19)15-27(4)23(30)26-20-9-11-31-12-10-20/h5-8,20-21H,9-17H2,1-4H3,(H,26,30). The van der Waals surface area contributed by atoms with E-state index in [0.29, 0.717) is 31.2 Å². The van der Waals surface area contributed by atoms with Gasteiger partial charge in [0.2, 0.25) is 0 Å². The van der Waals surface area contributed by atoms with Crippen molar-refractivity contribution < 1.29 is 14.3 Å². The lowest BCUT2D eigenvalue weighted by Crippen LogP contribution is -2.44. The van der Waals surface area contributed by atoms with E-state index in [2.05, 4.69) is 31.0 Å². The number of nitrogens with one attached hydrogen (secondary N) is 1. The fourth-order valence-electron chi connectivity index (χ4n) is 6.09. The Morgan fingerprint density at radius 1 is 1.13 bits per heavy atom. The number of benzene rings is 1. The molecule has 0 spiro atoms. The van der Waals surface area contributed by atoms with Crippen molar-refractivity contribution in [2.24, 2.45) is 10.8 Å². The maximum absolute atomic E-state index is 13.2. The van der Waals surface area contributed by atoms with Gasteiger partial charge in [-0.05, 0) is 60.6 Å². The zero-order chi connectivity index (χ0) is 22.2. The minimum Gasteiger partial charge on any atom is -0.381 e. The molecule has 1 aromatic carbocycles. The molecule has 2 aliphatic heterocycles. The Morgan fingerprint density at radius 2 is 1.81 bits per heavy atom. The van der Waals surface area contributed by atoms with Crippen molar-refractivity contribution in [2.75, 3.05) is 26.8 Å². The third-order valence-corrected chi connectivity index (χ3v) is 7.19. The van der Waals surface area contributed by atoms with Gasteiger partial charge in [0.25, 0.3) is 5.91 Å². The topological polar surface area (TPSA) is 61.9 Å². The molecule has 6 nitrogen and oxygen atoms in total. The van der Waals surface area contributed by atoms with Crippen molar-refractivity contribution in [1.82, 2.24) is 15.1 Å². The number of carbonyl (C=O) groups is 2. The van der Waals surface area contributed by atoms with Crippen molar-refractivity contribution in [3.63, 3.8) is 0 Å². The zero-order valence-electron chi connectivity index (χ0n) is 19.4. The Morgan fingerprint density at radius 3 is 2.48 bits per heavy atom. The van der Waals surface area contributed by atoms with Crippen molar-refractivity contribution >= 4 is 11.9 Å². The molecule has 2 atom stereocenters. The lowest BCUT2D eigenvalue weighted by atomic mass is 9.65. The molecule has 1 N–H and O–H groups in total. The van der Waals surface area contributed by atoms with E-state index < -0.39 is 0 Å². The van der Waals surface area contributed by atoms with Crippen LogP contribution in [0.15, 0.2) is 24.3 Å². The number of amides is 3. The first kappa shape index (κ1) is 22.1. The molecule has 4 rings (SSSR count). The summed E-state index contributed by atoms with van der Waals surface area (Å²) in [6.45, 7) is 9.78. The number of rotatable bonds is 4. The number of hydrogen-bond acceptors (Lipinski definition) is 3. The number of likely N-dealkylation sites (tertiary alicyclic amines) is 1. The van der Waals surface area contributed by atoms with E-state index in [4.69, 9.17) is 4.74 Å². The summed E-state index contributed by atoms with van der Waals surface area (Å²) < 4.78 is 5.35. The zero-order valence-corrected chi connectivity index (χ0v) is 19.4. The van der Waals surface area contributed by atoms with E-state index in [1.54, 1.807) is 11.9 Å². The molecule has 3 fully saturated rings. The molecule has 6 heteroatoms. The lowest BCUT2D eigenvalue weighted by Gasteiger charge is -2.39. The minimum atomic E-state index is -0.0627. The lowest BCUT2D eigenvalue weighted by molar-refractivity contribution is 0.0707. The SMILES string of the molecule is CN(Cc1ccc(C(=O)N2CC3(C)CC2CC(C)(C)C3)cc1)C(=O)NC1CCOCC1. The van der Waals surface area contributed by atoms with Crippen LogP contribution in [-0.2, 0) is 11.3 Å². The highest BCUT2D eigenvalue weighted by molar-refractivity contribution is 5.94. The predicted octanol–water partition coefficient (Wildman–Crippen LogP) is 4.05. The van der Waals surface area contributed by atoms with Gasteiger partial charge in [0, 0.05) is 51.0 Å². The van der Waals surface area contributed by atoms with Gasteiger partial charge in [0.05, 0.1) is 0 Å². The van der Waals surface area contributed by atoms with Crippen LogP contribution in [0.25, 0.3) is 0 Å². The quantitative estimate of drug-likeness (QED) is 0.789. The van der Waals surface area contributed by atoms with Gasteiger partial charge in [-0.3, -0.25) is 4.79 Å². The Bertz CT molecular complexity index is 816. The average molecular weight is 428 g/mol. The summed E-state index contributed by atoms with van der Waals surface area (Å²) in [4.78, 5) is 29.5. The van der Waals surface area contributed by atoms with E-state index in [0.717, 1.165) is 43.4 Å². The van der Waals surface area contributed by atoms with Crippen molar-refractivity contribution in [2.45, 2.75) is 71.5 Å². The van der Waals surface area contributed by atoms with E-state index in [9.17, 15) is 9.59 Å². The molecule has 3 aliphatic rings. The second-order valence-corrected chi connectivity index (χ2v) is 11.0. The maximum atomic E-state index is 13.2. The van der Waals surface area contributed by atoms with Crippen molar-refractivity contribution in [3.8, 4) is 0 Å². The van der Waals surface area contributed by atoms with Gasteiger partial charge in [0.1, 0.15) is 0 Å². The minimum absolute atomic E-state index is 0.0627. The number of hydrogen-bond donors (Lipinski definition) is 1. The molecule has 1 saturated carbocycles. The van der Waals surface area contributed by atoms with Crippen LogP contribution in [0.3, 0.4) is 0 Å². The Balaban J connectivity index is 1.35. The van der Waals surface area contributed by atoms with E-state index in [1.807, 2.05) is 24.3 Å². The number of urea groups is 1.